The Balaban J connectivity index is 1.58. The van der Waals surface area contributed by atoms with E-state index in [0.717, 1.165) is 11.3 Å². The lowest BCUT2D eigenvalue weighted by Gasteiger charge is -2.11. The number of fused-ring (bicyclic) bond motifs is 1. The van der Waals surface area contributed by atoms with E-state index in [1.165, 1.54) is 12.7 Å². The van der Waals surface area contributed by atoms with Gasteiger partial charge in [-0.2, -0.15) is 4.98 Å². The second-order valence-corrected chi connectivity index (χ2v) is 5.70. The summed E-state index contributed by atoms with van der Waals surface area (Å²) >= 11 is 1.57. The normalized spacial score (nSPS) is 16.1. The van der Waals surface area contributed by atoms with Crippen molar-refractivity contribution in [3.8, 4) is 5.88 Å². The van der Waals surface area contributed by atoms with Gasteiger partial charge >= 0.3 is 0 Å². The Kier molecular flexibility index (Phi) is 3.92. The summed E-state index contributed by atoms with van der Waals surface area (Å²) in [6, 6.07) is 9.69. The molecule has 1 aromatic carbocycles. The van der Waals surface area contributed by atoms with Gasteiger partial charge in [-0.25, -0.2) is 4.98 Å². The van der Waals surface area contributed by atoms with Gasteiger partial charge in [0.05, 0.1) is 12.4 Å². The van der Waals surface area contributed by atoms with Crippen molar-refractivity contribution in [2.75, 3.05) is 12.5 Å². The molecule has 21 heavy (non-hydrogen) atoms. The van der Waals surface area contributed by atoms with Crippen LogP contribution in [0.4, 0.5) is 5.95 Å². The number of amides is 1. The Hall–Kier alpha value is -2.28. The first kappa shape index (κ1) is 13.7. The summed E-state index contributed by atoms with van der Waals surface area (Å²) < 4.78 is 5.00. The molecule has 108 valence electrons. The van der Waals surface area contributed by atoms with E-state index in [1.54, 1.807) is 24.0 Å². The number of thioether (sulfide) groups is 1. The fraction of sp³-hybridized carbons (Fsp3) is 0.214. The van der Waals surface area contributed by atoms with Crippen molar-refractivity contribution < 1.29 is 9.53 Å². The number of ether oxygens (including phenoxy) is 1. The standard InChI is InChI=1S/C14H14N4O2S/c1-20-12-6-7-15-14(16-12)18-17-13(19)11-8-9-4-2-3-5-10(9)21-11/h2-7,11H,8H2,1H3,(H,17,19)(H,15,16,18). The molecule has 1 aromatic heterocycles. The van der Waals surface area contributed by atoms with E-state index in [-0.39, 0.29) is 11.2 Å². The molecule has 1 atom stereocenters. The highest BCUT2D eigenvalue weighted by molar-refractivity contribution is 8.01. The van der Waals surface area contributed by atoms with Gasteiger partial charge in [0.1, 0.15) is 0 Å². The molecule has 2 heterocycles. The Morgan fingerprint density at radius 3 is 3.05 bits per heavy atom. The number of hydrogen-bond donors (Lipinski definition) is 2. The van der Waals surface area contributed by atoms with Crippen molar-refractivity contribution >= 4 is 23.6 Å². The quantitative estimate of drug-likeness (QED) is 0.836. The van der Waals surface area contributed by atoms with Crippen LogP contribution in [0, 0.1) is 0 Å². The maximum atomic E-state index is 12.2. The Morgan fingerprint density at radius 1 is 1.38 bits per heavy atom. The van der Waals surface area contributed by atoms with E-state index in [1.807, 2.05) is 24.3 Å². The van der Waals surface area contributed by atoms with E-state index in [2.05, 4.69) is 20.8 Å². The molecule has 0 saturated carbocycles. The third-order valence-electron chi connectivity index (χ3n) is 3.08. The van der Waals surface area contributed by atoms with Crippen LogP contribution in [-0.2, 0) is 11.2 Å². The van der Waals surface area contributed by atoms with Crippen molar-refractivity contribution in [2.45, 2.75) is 16.6 Å². The molecule has 0 bridgehead atoms. The van der Waals surface area contributed by atoms with Crippen molar-refractivity contribution in [1.29, 1.82) is 0 Å². The van der Waals surface area contributed by atoms with Gasteiger partial charge in [-0.1, -0.05) is 18.2 Å². The average molecular weight is 302 g/mol. The van der Waals surface area contributed by atoms with Crippen LogP contribution in [0.1, 0.15) is 5.56 Å². The van der Waals surface area contributed by atoms with Crippen LogP contribution >= 0.6 is 11.8 Å². The largest absolute Gasteiger partial charge is 0.481 e. The minimum Gasteiger partial charge on any atom is -0.481 e. The summed E-state index contributed by atoms with van der Waals surface area (Å²) in [5.74, 6) is 0.634. The van der Waals surface area contributed by atoms with Gasteiger partial charge in [0.25, 0.3) is 5.91 Å². The maximum absolute atomic E-state index is 12.2. The van der Waals surface area contributed by atoms with Gasteiger partial charge in [-0.15, -0.1) is 11.8 Å². The van der Waals surface area contributed by atoms with Crippen LogP contribution in [0.3, 0.4) is 0 Å². The summed E-state index contributed by atoms with van der Waals surface area (Å²) in [7, 11) is 1.52. The number of rotatable bonds is 4. The molecule has 0 saturated heterocycles. The molecule has 1 aliphatic rings. The highest BCUT2D eigenvalue weighted by Gasteiger charge is 2.27. The summed E-state index contributed by atoms with van der Waals surface area (Å²) in [6.45, 7) is 0. The van der Waals surface area contributed by atoms with E-state index >= 15 is 0 Å². The number of anilines is 1. The van der Waals surface area contributed by atoms with Crippen molar-refractivity contribution in [3.05, 3.63) is 42.1 Å². The molecule has 0 spiro atoms. The summed E-state index contributed by atoms with van der Waals surface area (Å²) in [5.41, 5.74) is 6.55. The molecule has 6 nitrogen and oxygen atoms in total. The minimum absolute atomic E-state index is 0.0948. The van der Waals surface area contributed by atoms with Gasteiger partial charge in [-0.05, 0) is 18.1 Å². The zero-order valence-electron chi connectivity index (χ0n) is 11.4. The number of benzene rings is 1. The van der Waals surface area contributed by atoms with Crippen LogP contribution in [0.15, 0.2) is 41.4 Å². The number of hydrogen-bond acceptors (Lipinski definition) is 6. The van der Waals surface area contributed by atoms with Gasteiger partial charge in [0, 0.05) is 17.2 Å². The third-order valence-corrected chi connectivity index (χ3v) is 4.39. The zero-order chi connectivity index (χ0) is 14.7. The van der Waals surface area contributed by atoms with E-state index in [4.69, 9.17) is 4.74 Å². The first-order valence-corrected chi connectivity index (χ1v) is 7.31. The second-order valence-electron chi connectivity index (χ2n) is 4.46. The monoisotopic (exact) mass is 302 g/mol. The number of nitrogens with one attached hydrogen (secondary N) is 2. The molecule has 1 amide bonds. The molecule has 1 aliphatic heterocycles. The predicted molar refractivity (Wildman–Crippen MR) is 80.1 cm³/mol. The highest BCUT2D eigenvalue weighted by Crippen LogP contribution is 2.36. The van der Waals surface area contributed by atoms with Gasteiger partial charge in [-0.3, -0.25) is 15.6 Å². The zero-order valence-corrected chi connectivity index (χ0v) is 12.2. The first-order valence-electron chi connectivity index (χ1n) is 6.44. The highest BCUT2D eigenvalue weighted by atomic mass is 32.2. The van der Waals surface area contributed by atoms with Crippen LogP contribution in [0.5, 0.6) is 5.88 Å². The van der Waals surface area contributed by atoms with E-state index in [9.17, 15) is 4.79 Å². The molecule has 0 aliphatic carbocycles. The second kappa shape index (κ2) is 6.01. The molecule has 7 heteroatoms. The molecular formula is C14H14N4O2S. The molecule has 2 N–H and O–H groups in total. The molecule has 0 fully saturated rings. The van der Waals surface area contributed by atoms with Gasteiger partial charge < -0.3 is 4.74 Å². The lowest BCUT2D eigenvalue weighted by atomic mass is 10.1. The average Bonchev–Trinajstić information content (AvgIpc) is 2.97. The van der Waals surface area contributed by atoms with Crippen molar-refractivity contribution in [1.82, 2.24) is 15.4 Å². The summed E-state index contributed by atoms with van der Waals surface area (Å²) in [5, 5.41) is -0.138. The molecule has 3 rings (SSSR count). The van der Waals surface area contributed by atoms with Crippen molar-refractivity contribution in [2.24, 2.45) is 0 Å². The fourth-order valence-electron chi connectivity index (χ4n) is 2.04. The van der Waals surface area contributed by atoms with Gasteiger partial charge in [0.2, 0.25) is 11.8 Å². The molecular weight excluding hydrogens is 288 g/mol. The number of methoxy groups -OCH3 is 1. The molecule has 0 radical (unpaired) electrons. The number of nitrogens with zero attached hydrogens (tertiary/aromatic N) is 2. The third kappa shape index (κ3) is 3.08. The van der Waals surface area contributed by atoms with E-state index in [0.29, 0.717) is 11.8 Å². The number of carbonyl (C=O) groups excluding carboxylic acids is 1. The van der Waals surface area contributed by atoms with Crippen LogP contribution < -0.4 is 15.6 Å². The lowest BCUT2D eigenvalue weighted by Crippen LogP contribution is -2.37. The van der Waals surface area contributed by atoms with E-state index < -0.39 is 0 Å². The van der Waals surface area contributed by atoms with Crippen LogP contribution in [0.25, 0.3) is 0 Å². The van der Waals surface area contributed by atoms with Crippen LogP contribution in [-0.4, -0.2) is 28.2 Å². The fourth-order valence-corrected chi connectivity index (χ4v) is 3.24. The lowest BCUT2D eigenvalue weighted by molar-refractivity contribution is -0.120. The molecule has 2 aromatic rings. The smallest absolute Gasteiger partial charge is 0.252 e. The summed E-state index contributed by atoms with van der Waals surface area (Å²) in [6.07, 6.45) is 2.29. The number of aromatic nitrogens is 2. The van der Waals surface area contributed by atoms with Crippen molar-refractivity contribution in [3.63, 3.8) is 0 Å². The van der Waals surface area contributed by atoms with Crippen LogP contribution in [0.2, 0.25) is 0 Å². The number of hydrazine groups is 1. The first-order chi connectivity index (χ1) is 10.3. The topological polar surface area (TPSA) is 76.1 Å². The number of carbonyl (C=O) groups is 1. The Morgan fingerprint density at radius 2 is 2.24 bits per heavy atom. The maximum Gasteiger partial charge on any atom is 0.252 e. The SMILES string of the molecule is COc1ccnc(NNC(=O)C2Cc3ccccc3S2)n1. The summed E-state index contributed by atoms with van der Waals surface area (Å²) in [4.78, 5) is 21.4. The van der Waals surface area contributed by atoms with Gasteiger partial charge in [0.15, 0.2) is 0 Å². The minimum atomic E-state index is -0.138. The predicted octanol–water partition coefficient (Wildman–Crippen LogP) is 1.65. The Bertz CT molecular complexity index is 640. The molecule has 1 unspecified atom stereocenters. The Labute approximate surface area is 126 Å².